The zero-order valence-corrected chi connectivity index (χ0v) is 16.8. The summed E-state index contributed by atoms with van der Waals surface area (Å²) in [5, 5.41) is 13.7. The molecule has 29 heavy (non-hydrogen) atoms. The Morgan fingerprint density at radius 3 is 2.69 bits per heavy atom. The van der Waals surface area contributed by atoms with E-state index in [-0.39, 0.29) is 11.8 Å². The fourth-order valence-corrected chi connectivity index (χ4v) is 4.02. The van der Waals surface area contributed by atoms with Gasteiger partial charge >= 0.3 is 0 Å². The summed E-state index contributed by atoms with van der Waals surface area (Å²) in [6, 6.07) is 16.3. The number of aryl methyl sites for hydroxylation is 2. The van der Waals surface area contributed by atoms with E-state index in [1.54, 1.807) is 6.20 Å². The van der Waals surface area contributed by atoms with Crippen molar-refractivity contribution in [3.63, 3.8) is 0 Å². The largest absolute Gasteiger partial charge is 0.370 e. The summed E-state index contributed by atoms with van der Waals surface area (Å²) in [5.74, 6) is 0.0586. The Balaban J connectivity index is 1.50. The molecule has 1 aromatic heterocycles. The molecule has 0 saturated carbocycles. The summed E-state index contributed by atoms with van der Waals surface area (Å²) < 4.78 is 0. The van der Waals surface area contributed by atoms with E-state index in [2.05, 4.69) is 27.3 Å². The van der Waals surface area contributed by atoms with Crippen LogP contribution in [0.4, 0.5) is 11.4 Å². The number of piperidine rings is 1. The number of para-hydroxylation sites is 1. The molecule has 1 fully saturated rings. The second kappa shape index (κ2) is 7.92. The van der Waals surface area contributed by atoms with Crippen LogP contribution in [0.2, 0.25) is 0 Å². The lowest BCUT2D eigenvalue weighted by Gasteiger charge is -2.34. The van der Waals surface area contributed by atoms with Crippen LogP contribution in [0.15, 0.2) is 48.7 Å². The molecule has 0 bridgehead atoms. The van der Waals surface area contributed by atoms with Crippen molar-refractivity contribution in [1.29, 1.82) is 5.26 Å². The standard InChI is InChI=1S/C24H24N4O/c1-16-7-8-17(2)22(13-16)27-24(29)18-9-11-28(12-10-18)23-19(14-25)15-26-21-6-4-3-5-20(21)23/h3-8,13,15,18H,9-12H2,1-2H3,(H,27,29). The average molecular weight is 384 g/mol. The number of hydrogen-bond donors (Lipinski definition) is 1. The quantitative estimate of drug-likeness (QED) is 0.718. The Morgan fingerprint density at radius 2 is 1.93 bits per heavy atom. The van der Waals surface area contributed by atoms with E-state index in [9.17, 15) is 10.1 Å². The smallest absolute Gasteiger partial charge is 0.227 e. The van der Waals surface area contributed by atoms with E-state index < -0.39 is 0 Å². The SMILES string of the molecule is Cc1ccc(C)c(NC(=O)C2CCN(c3c(C#N)cnc4ccccc34)CC2)c1. The minimum absolute atomic E-state index is 0.0233. The minimum Gasteiger partial charge on any atom is -0.370 e. The second-order valence-electron chi connectivity index (χ2n) is 7.72. The minimum atomic E-state index is -0.0233. The van der Waals surface area contributed by atoms with Crippen molar-refractivity contribution >= 4 is 28.2 Å². The molecule has 3 aromatic rings. The van der Waals surface area contributed by atoms with Gasteiger partial charge in [0, 0.05) is 36.3 Å². The third-order valence-corrected chi connectivity index (χ3v) is 5.70. The number of anilines is 2. The number of hydrogen-bond acceptors (Lipinski definition) is 4. The molecule has 1 amide bonds. The summed E-state index contributed by atoms with van der Waals surface area (Å²) in [5.41, 5.74) is 5.51. The van der Waals surface area contributed by atoms with Crippen LogP contribution < -0.4 is 10.2 Å². The predicted octanol–water partition coefficient (Wildman–Crippen LogP) is 4.58. The molecule has 0 unspecified atom stereocenters. The first-order valence-electron chi connectivity index (χ1n) is 9.97. The second-order valence-corrected chi connectivity index (χ2v) is 7.72. The van der Waals surface area contributed by atoms with Gasteiger partial charge in [0.2, 0.25) is 5.91 Å². The van der Waals surface area contributed by atoms with Crippen molar-refractivity contribution in [2.45, 2.75) is 26.7 Å². The molecule has 1 aliphatic heterocycles. The molecule has 1 N–H and O–H groups in total. The van der Waals surface area contributed by atoms with E-state index in [0.29, 0.717) is 5.56 Å². The molecule has 0 atom stereocenters. The van der Waals surface area contributed by atoms with Gasteiger partial charge in [0.05, 0.1) is 16.8 Å². The molecule has 4 rings (SSSR count). The summed E-state index contributed by atoms with van der Waals surface area (Å²) in [6.45, 7) is 5.52. The molecule has 0 aliphatic carbocycles. The van der Waals surface area contributed by atoms with Crippen molar-refractivity contribution in [2.24, 2.45) is 5.92 Å². The van der Waals surface area contributed by atoms with Gasteiger partial charge in [-0.15, -0.1) is 0 Å². The van der Waals surface area contributed by atoms with Crippen LogP contribution in [0, 0.1) is 31.1 Å². The normalized spacial score (nSPS) is 14.6. The van der Waals surface area contributed by atoms with E-state index in [0.717, 1.165) is 59.3 Å². The summed E-state index contributed by atoms with van der Waals surface area (Å²) in [6.07, 6.45) is 3.17. The highest BCUT2D eigenvalue weighted by atomic mass is 16.1. The Bertz CT molecular complexity index is 1110. The number of benzene rings is 2. The predicted molar refractivity (Wildman–Crippen MR) is 116 cm³/mol. The third kappa shape index (κ3) is 3.79. The number of amides is 1. The van der Waals surface area contributed by atoms with Gasteiger partial charge < -0.3 is 10.2 Å². The molecule has 1 aliphatic rings. The van der Waals surface area contributed by atoms with E-state index in [1.165, 1.54) is 0 Å². The topological polar surface area (TPSA) is 69.0 Å². The van der Waals surface area contributed by atoms with Crippen molar-refractivity contribution in [2.75, 3.05) is 23.3 Å². The highest BCUT2D eigenvalue weighted by Crippen LogP contribution is 2.32. The van der Waals surface area contributed by atoms with Gasteiger partial charge in [-0.2, -0.15) is 5.26 Å². The van der Waals surface area contributed by atoms with Crippen LogP contribution in [0.1, 0.15) is 29.5 Å². The number of carbonyl (C=O) groups excluding carboxylic acids is 1. The van der Waals surface area contributed by atoms with Crippen LogP contribution in [-0.4, -0.2) is 24.0 Å². The number of nitriles is 1. The highest BCUT2D eigenvalue weighted by Gasteiger charge is 2.27. The van der Waals surface area contributed by atoms with Crippen LogP contribution in [-0.2, 0) is 4.79 Å². The lowest BCUT2D eigenvalue weighted by Crippen LogP contribution is -2.38. The van der Waals surface area contributed by atoms with Gasteiger partial charge in [0.1, 0.15) is 6.07 Å². The van der Waals surface area contributed by atoms with Crippen molar-refractivity contribution < 1.29 is 4.79 Å². The van der Waals surface area contributed by atoms with Crippen LogP contribution in [0.25, 0.3) is 10.9 Å². The molecule has 0 spiro atoms. The summed E-state index contributed by atoms with van der Waals surface area (Å²) in [4.78, 5) is 19.4. The lowest BCUT2D eigenvalue weighted by atomic mass is 9.94. The van der Waals surface area contributed by atoms with E-state index in [4.69, 9.17) is 0 Å². The Hall–Kier alpha value is -3.39. The van der Waals surface area contributed by atoms with Crippen molar-refractivity contribution in [3.8, 4) is 6.07 Å². The summed E-state index contributed by atoms with van der Waals surface area (Å²) in [7, 11) is 0. The number of pyridine rings is 1. The zero-order chi connectivity index (χ0) is 20.4. The van der Waals surface area contributed by atoms with Crippen LogP contribution in [0.5, 0.6) is 0 Å². The average Bonchev–Trinajstić information content (AvgIpc) is 2.75. The number of aromatic nitrogens is 1. The maximum Gasteiger partial charge on any atom is 0.227 e. The van der Waals surface area contributed by atoms with Gasteiger partial charge in [0.25, 0.3) is 0 Å². The molecule has 5 heteroatoms. The fraction of sp³-hybridized carbons (Fsp3) is 0.292. The first kappa shape index (κ1) is 18.9. The Labute approximate surface area is 171 Å². The third-order valence-electron chi connectivity index (χ3n) is 5.70. The van der Waals surface area contributed by atoms with Gasteiger partial charge in [0.15, 0.2) is 0 Å². The lowest BCUT2D eigenvalue weighted by molar-refractivity contribution is -0.120. The van der Waals surface area contributed by atoms with Crippen molar-refractivity contribution in [3.05, 3.63) is 65.4 Å². The summed E-state index contributed by atoms with van der Waals surface area (Å²) >= 11 is 0. The van der Waals surface area contributed by atoms with E-state index >= 15 is 0 Å². The van der Waals surface area contributed by atoms with Gasteiger partial charge in [-0.25, -0.2) is 0 Å². The van der Waals surface area contributed by atoms with Crippen LogP contribution in [0.3, 0.4) is 0 Å². The first-order chi connectivity index (χ1) is 14.1. The van der Waals surface area contributed by atoms with Gasteiger partial charge in [-0.1, -0.05) is 30.3 Å². The Kier molecular flexibility index (Phi) is 5.18. The maximum absolute atomic E-state index is 12.8. The number of nitrogens with one attached hydrogen (secondary N) is 1. The molecular formula is C24H24N4O. The maximum atomic E-state index is 12.8. The number of rotatable bonds is 3. The van der Waals surface area contributed by atoms with E-state index in [1.807, 2.05) is 50.2 Å². The molecule has 2 heterocycles. The molecular weight excluding hydrogens is 360 g/mol. The molecule has 0 radical (unpaired) electrons. The molecule has 2 aromatic carbocycles. The first-order valence-corrected chi connectivity index (χ1v) is 9.97. The fourth-order valence-electron chi connectivity index (χ4n) is 4.02. The number of nitrogens with zero attached hydrogens (tertiary/aromatic N) is 3. The monoisotopic (exact) mass is 384 g/mol. The Morgan fingerprint density at radius 1 is 1.17 bits per heavy atom. The van der Waals surface area contributed by atoms with Gasteiger partial charge in [-0.05, 0) is 49.9 Å². The van der Waals surface area contributed by atoms with Crippen molar-refractivity contribution in [1.82, 2.24) is 4.98 Å². The number of carbonyl (C=O) groups is 1. The van der Waals surface area contributed by atoms with Crippen LogP contribution >= 0.6 is 0 Å². The number of fused-ring (bicyclic) bond motifs is 1. The highest BCUT2D eigenvalue weighted by molar-refractivity contribution is 5.95. The molecule has 146 valence electrons. The van der Waals surface area contributed by atoms with Gasteiger partial charge in [-0.3, -0.25) is 9.78 Å². The zero-order valence-electron chi connectivity index (χ0n) is 16.8. The molecule has 1 saturated heterocycles. The molecule has 5 nitrogen and oxygen atoms in total.